The summed E-state index contributed by atoms with van der Waals surface area (Å²) in [6.07, 6.45) is 59.9. The number of rotatable bonds is 51. The molecule has 0 saturated heterocycles. The molecule has 0 aromatic carbocycles. The van der Waals surface area contributed by atoms with Gasteiger partial charge in [-0.25, -0.2) is 0 Å². The maximum absolute atomic E-state index is 14.6. The second-order valence-electron chi connectivity index (χ2n) is 21.0. The fourth-order valence-electron chi connectivity index (χ4n) is 11.9. The molecule has 0 fully saturated rings. The summed E-state index contributed by atoms with van der Waals surface area (Å²) in [6.45, 7) is 16.7. The van der Waals surface area contributed by atoms with E-state index < -0.39 is 22.5 Å². The van der Waals surface area contributed by atoms with Gasteiger partial charge in [-0.15, -0.1) is 0 Å². The molecule has 0 atom stereocenters. The van der Waals surface area contributed by atoms with Gasteiger partial charge in [0.25, 0.3) is 0 Å². The van der Waals surface area contributed by atoms with E-state index in [4.69, 9.17) is 0 Å². The van der Waals surface area contributed by atoms with Gasteiger partial charge in [-0.2, -0.15) is 0 Å². The molecule has 4 heteroatoms. The minimum absolute atomic E-state index is 1.31. The Labute approximate surface area is 385 Å². The minimum atomic E-state index is -2.50. The van der Waals surface area contributed by atoms with Crippen molar-refractivity contribution >= 4 is 22.5 Å². The Morgan fingerprint density at radius 2 is 0.367 bits per heavy atom. The first-order valence-corrected chi connectivity index (χ1v) is 38.5. The van der Waals surface area contributed by atoms with Gasteiger partial charge < -0.3 is 4.80 Å². The predicted octanol–water partition coefficient (Wildman–Crippen LogP) is 21.5. The third kappa shape index (κ3) is 29.2. The average Bonchev–Trinajstić information content (AvgIpc) is 3.25. The van der Waals surface area contributed by atoms with Crippen LogP contribution in [0.2, 0.25) is 42.3 Å². The number of unbranched alkanes of at least 4 members (excludes halogenated alkanes) is 35. The first-order valence-electron chi connectivity index (χ1n) is 29.1. The molecule has 1 nitrogen and oxygen atoms in total. The second-order valence-corrected chi connectivity index (χ2v) is 44.5. The molecular formula is C56H120OSi3. The fraction of sp³-hybridized carbons (Fsp3) is 1.00. The smallest absolute Gasteiger partial charge is 0.173 e. The average molecular weight is 894 g/mol. The van der Waals surface area contributed by atoms with Gasteiger partial charge in [0, 0.05) is 7.59 Å². The highest BCUT2D eigenvalue weighted by atomic mass is 29.6. The van der Waals surface area contributed by atoms with Crippen LogP contribution in [0.1, 0.15) is 318 Å². The zero-order chi connectivity index (χ0) is 44.1. The number of hydrogen-bond acceptors (Lipinski definition) is 1. The first kappa shape index (κ1) is 60.6. The van der Waals surface area contributed by atoms with E-state index in [2.05, 4.69) is 48.5 Å². The topological polar surface area (TPSA) is 20.2 Å². The van der Waals surface area contributed by atoms with Gasteiger partial charge >= 0.3 is 0 Å². The van der Waals surface area contributed by atoms with Crippen molar-refractivity contribution in [1.82, 2.24) is 0 Å². The van der Waals surface area contributed by atoms with E-state index in [1.165, 1.54) is 282 Å². The van der Waals surface area contributed by atoms with Crippen LogP contribution < -0.4 is 0 Å². The zero-order valence-electron chi connectivity index (χ0n) is 43.6. The summed E-state index contributed by atoms with van der Waals surface area (Å²) in [7, 11) is -6.28. The molecule has 0 bridgehead atoms. The fourth-order valence-corrected chi connectivity index (χ4v) is 60.0. The maximum Gasteiger partial charge on any atom is 0.173 e. The summed E-state index contributed by atoms with van der Waals surface area (Å²) >= 11 is 0. The molecule has 60 heavy (non-hydrogen) atoms. The molecule has 0 radical (unpaired) electrons. The van der Waals surface area contributed by atoms with Gasteiger partial charge in [-0.05, 0) is 12.1 Å². The minimum Gasteiger partial charge on any atom is -0.435 e. The van der Waals surface area contributed by atoms with Crippen molar-refractivity contribution in [2.45, 2.75) is 360 Å². The van der Waals surface area contributed by atoms with Gasteiger partial charge in [0.2, 0.25) is 0 Å². The van der Waals surface area contributed by atoms with E-state index in [0.29, 0.717) is 0 Å². The Balaban J connectivity index is 7.56. The molecule has 0 spiro atoms. The molecule has 0 aromatic rings. The van der Waals surface area contributed by atoms with Gasteiger partial charge in [-0.1, -0.05) is 348 Å². The van der Waals surface area contributed by atoms with E-state index in [1.807, 2.05) is 0 Å². The first-order chi connectivity index (χ1) is 29.4. The molecule has 0 unspecified atom stereocenters. The van der Waals surface area contributed by atoms with Crippen LogP contribution in [0, 0.1) is 0 Å². The molecule has 0 aliphatic carbocycles. The van der Waals surface area contributed by atoms with Crippen LogP contribution in [0.3, 0.4) is 0 Å². The molecule has 0 rings (SSSR count). The summed E-state index contributed by atoms with van der Waals surface area (Å²) < 4.78 is 0. The summed E-state index contributed by atoms with van der Waals surface area (Å²) in [6, 6.07) is 10.6. The molecule has 0 heterocycles. The monoisotopic (exact) mass is 893 g/mol. The standard InChI is InChI=1S/C56H120OSi3/c1-8-15-22-29-36-43-50-58(51-44-37-30-23-16-9-2,52-45-38-31-24-17-10-3)60(55-48-41-34-27-20-13-6,56-49-42-35-28-21-14-7)59(57,53-46-39-32-25-18-11-4)54-47-40-33-26-19-12-5/h57H,8-56H2,1-7H3. The van der Waals surface area contributed by atoms with Crippen molar-refractivity contribution in [3.05, 3.63) is 0 Å². The Morgan fingerprint density at radius 1 is 0.200 bits per heavy atom. The molecule has 0 aliphatic heterocycles. The lowest BCUT2D eigenvalue weighted by molar-refractivity contribution is 0.523. The van der Waals surface area contributed by atoms with Crippen LogP contribution in [-0.2, 0) is 0 Å². The summed E-state index contributed by atoms with van der Waals surface area (Å²) in [5.74, 6) is 0. The van der Waals surface area contributed by atoms with E-state index in [-0.39, 0.29) is 0 Å². The maximum atomic E-state index is 14.6. The van der Waals surface area contributed by atoms with Crippen LogP contribution >= 0.6 is 0 Å². The molecule has 0 aromatic heterocycles. The van der Waals surface area contributed by atoms with Gasteiger partial charge in [0.15, 0.2) is 7.83 Å². The van der Waals surface area contributed by atoms with E-state index in [0.717, 1.165) is 0 Å². The third-order valence-corrected chi connectivity index (χ3v) is 55.4. The van der Waals surface area contributed by atoms with Gasteiger partial charge in [-0.3, -0.25) is 0 Å². The van der Waals surface area contributed by atoms with Crippen LogP contribution in [-0.4, -0.2) is 27.3 Å². The van der Waals surface area contributed by atoms with E-state index in [9.17, 15) is 4.80 Å². The second kappa shape index (κ2) is 44.8. The highest BCUT2D eigenvalue weighted by Gasteiger charge is 2.63. The van der Waals surface area contributed by atoms with Crippen molar-refractivity contribution in [3.8, 4) is 0 Å². The summed E-state index contributed by atoms with van der Waals surface area (Å²) in [4.78, 5) is 14.6. The molecule has 0 saturated carbocycles. The molecule has 1 N–H and O–H groups in total. The summed E-state index contributed by atoms with van der Waals surface area (Å²) in [5.41, 5.74) is 0. The molecule has 0 aliphatic rings. The Morgan fingerprint density at radius 3 is 0.583 bits per heavy atom. The lowest BCUT2D eigenvalue weighted by Crippen LogP contribution is -2.77. The Kier molecular flexibility index (Phi) is 45.3. The molecular weight excluding hydrogens is 773 g/mol. The SMILES string of the molecule is CCCCCCCC[Si](O)(CCCCCCCC)[Si](CCCCCCCC)(CCCCCCCC)[Si](CCCCCCCC)(CCCCCCCC)CCCCCCCC. The predicted molar refractivity (Wildman–Crippen MR) is 287 cm³/mol. The van der Waals surface area contributed by atoms with Crippen LogP contribution in [0.15, 0.2) is 0 Å². The lowest BCUT2D eigenvalue weighted by Gasteiger charge is -2.57. The Bertz CT molecular complexity index is 759. The lowest BCUT2D eigenvalue weighted by atomic mass is 10.1. The van der Waals surface area contributed by atoms with Crippen molar-refractivity contribution < 1.29 is 4.80 Å². The van der Waals surface area contributed by atoms with E-state index >= 15 is 0 Å². The van der Waals surface area contributed by atoms with Crippen LogP contribution in [0.4, 0.5) is 0 Å². The zero-order valence-corrected chi connectivity index (χ0v) is 46.6. The van der Waals surface area contributed by atoms with Gasteiger partial charge in [0.05, 0.1) is 7.11 Å². The molecule has 362 valence electrons. The largest absolute Gasteiger partial charge is 0.435 e. The Hall–Kier alpha value is 0.611. The highest BCUT2D eigenvalue weighted by Crippen LogP contribution is 2.50. The normalized spacial score (nSPS) is 12.6. The van der Waals surface area contributed by atoms with Crippen molar-refractivity contribution in [3.63, 3.8) is 0 Å². The third-order valence-electron chi connectivity index (χ3n) is 15.7. The van der Waals surface area contributed by atoms with Gasteiger partial charge in [0.1, 0.15) is 0 Å². The quantitative estimate of drug-likeness (QED) is 0.0477. The highest BCUT2D eigenvalue weighted by molar-refractivity contribution is 7.68. The van der Waals surface area contributed by atoms with E-state index in [1.54, 1.807) is 30.2 Å². The van der Waals surface area contributed by atoms with Crippen LogP contribution in [0.5, 0.6) is 0 Å². The van der Waals surface area contributed by atoms with Crippen molar-refractivity contribution in [2.24, 2.45) is 0 Å². The van der Waals surface area contributed by atoms with Crippen molar-refractivity contribution in [2.75, 3.05) is 0 Å². The summed E-state index contributed by atoms with van der Waals surface area (Å²) in [5, 5.41) is 0. The van der Waals surface area contributed by atoms with Crippen LogP contribution in [0.25, 0.3) is 0 Å². The molecule has 0 amide bonds. The number of hydrogen-bond donors (Lipinski definition) is 1. The van der Waals surface area contributed by atoms with Crippen molar-refractivity contribution in [1.29, 1.82) is 0 Å².